The second kappa shape index (κ2) is 10.2. The van der Waals surface area contributed by atoms with Crippen LogP contribution in [0.25, 0.3) is 0 Å². The number of carbonyl (C=O) groups excluding carboxylic acids is 1. The molecule has 4 heteroatoms. The second-order valence-corrected chi connectivity index (χ2v) is 6.70. The van der Waals surface area contributed by atoms with Gasteiger partial charge in [-0.1, -0.05) is 54.6 Å². The van der Waals surface area contributed by atoms with E-state index >= 15 is 0 Å². The van der Waals surface area contributed by atoms with Gasteiger partial charge in [-0.15, -0.1) is 0 Å². The SMILES string of the molecule is Cc1cccc(NC(=O)CNc2ccccc2OCCCc2ccccc2)c1. The van der Waals surface area contributed by atoms with Crippen molar-refractivity contribution in [3.05, 3.63) is 90.0 Å². The van der Waals surface area contributed by atoms with E-state index in [1.54, 1.807) is 0 Å². The Morgan fingerprint density at radius 2 is 1.71 bits per heavy atom. The van der Waals surface area contributed by atoms with Gasteiger partial charge in [0.05, 0.1) is 18.8 Å². The predicted octanol–water partition coefficient (Wildman–Crippen LogP) is 5.06. The van der Waals surface area contributed by atoms with E-state index in [-0.39, 0.29) is 12.5 Å². The summed E-state index contributed by atoms with van der Waals surface area (Å²) in [6.45, 7) is 2.81. The molecule has 0 unspecified atom stereocenters. The van der Waals surface area contributed by atoms with Gasteiger partial charge >= 0.3 is 0 Å². The third-order valence-electron chi connectivity index (χ3n) is 4.34. The molecule has 0 bridgehead atoms. The van der Waals surface area contributed by atoms with Gasteiger partial charge in [0.15, 0.2) is 0 Å². The van der Waals surface area contributed by atoms with Crippen molar-refractivity contribution >= 4 is 17.3 Å². The molecule has 3 rings (SSSR count). The monoisotopic (exact) mass is 374 g/mol. The first-order chi connectivity index (χ1) is 13.7. The molecule has 0 saturated heterocycles. The minimum Gasteiger partial charge on any atom is -0.491 e. The highest BCUT2D eigenvalue weighted by atomic mass is 16.5. The van der Waals surface area contributed by atoms with Gasteiger partial charge in [0.25, 0.3) is 0 Å². The molecule has 0 radical (unpaired) electrons. The first-order valence-electron chi connectivity index (χ1n) is 9.57. The van der Waals surface area contributed by atoms with Crippen molar-refractivity contribution in [3.63, 3.8) is 0 Å². The summed E-state index contributed by atoms with van der Waals surface area (Å²) in [5.41, 5.74) is 4.05. The number of rotatable bonds is 9. The van der Waals surface area contributed by atoms with Gasteiger partial charge in [0.1, 0.15) is 5.75 Å². The molecule has 3 aromatic rings. The number of hydrogen-bond acceptors (Lipinski definition) is 3. The van der Waals surface area contributed by atoms with Crippen LogP contribution in [0, 0.1) is 6.92 Å². The maximum absolute atomic E-state index is 12.2. The standard InChI is InChI=1S/C24H26N2O2/c1-19-9-7-13-21(17-19)26-24(27)18-25-22-14-5-6-15-23(22)28-16-8-12-20-10-3-2-4-11-20/h2-7,9-11,13-15,17,25H,8,12,16,18H2,1H3,(H,26,27). The molecule has 0 spiro atoms. The molecule has 0 aliphatic carbocycles. The molecule has 144 valence electrons. The molecule has 0 aliphatic heterocycles. The van der Waals surface area contributed by atoms with Crippen LogP contribution in [-0.4, -0.2) is 19.1 Å². The van der Waals surface area contributed by atoms with E-state index in [2.05, 4.69) is 34.9 Å². The highest BCUT2D eigenvalue weighted by molar-refractivity contribution is 5.94. The van der Waals surface area contributed by atoms with Gasteiger partial charge < -0.3 is 15.4 Å². The van der Waals surface area contributed by atoms with Crippen LogP contribution in [0.1, 0.15) is 17.5 Å². The lowest BCUT2D eigenvalue weighted by atomic mass is 10.1. The molecule has 0 fully saturated rings. The Morgan fingerprint density at radius 1 is 0.929 bits per heavy atom. The van der Waals surface area contributed by atoms with E-state index in [4.69, 9.17) is 4.74 Å². The maximum atomic E-state index is 12.2. The topological polar surface area (TPSA) is 50.4 Å². The van der Waals surface area contributed by atoms with Gasteiger partial charge in [-0.3, -0.25) is 4.79 Å². The van der Waals surface area contributed by atoms with Crippen molar-refractivity contribution in [1.82, 2.24) is 0 Å². The van der Waals surface area contributed by atoms with Gasteiger partial charge in [-0.2, -0.15) is 0 Å². The molecule has 28 heavy (non-hydrogen) atoms. The van der Waals surface area contributed by atoms with Crippen LogP contribution in [0.2, 0.25) is 0 Å². The van der Waals surface area contributed by atoms with Gasteiger partial charge in [-0.25, -0.2) is 0 Å². The molecule has 2 N–H and O–H groups in total. The molecule has 4 nitrogen and oxygen atoms in total. The van der Waals surface area contributed by atoms with Crippen LogP contribution in [0.4, 0.5) is 11.4 Å². The van der Waals surface area contributed by atoms with Gasteiger partial charge in [0, 0.05) is 5.69 Å². The van der Waals surface area contributed by atoms with Crippen LogP contribution < -0.4 is 15.4 Å². The van der Waals surface area contributed by atoms with Gasteiger partial charge in [-0.05, 0) is 55.2 Å². The molecule has 0 aliphatic rings. The van der Waals surface area contributed by atoms with E-state index in [1.807, 2.05) is 61.5 Å². The summed E-state index contributed by atoms with van der Waals surface area (Å²) in [5.74, 6) is 0.670. The summed E-state index contributed by atoms with van der Waals surface area (Å²) in [6, 6.07) is 25.8. The second-order valence-electron chi connectivity index (χ2n) is 6.70. The Labute approximate surface area is 166 Å². The van der Waals surface area contributed by atoms with Crippen molar-refractivity contribution in [2.45, 2.75) is 19.8 Å². The largest absolute Gasteiger partial charge is 0.491 e. The number of carbonyl (C=O) groups is 1. The van der Waals surface area contributed by atoms with Crippen molar-refractivity contribution in [1.29, 1.82) is 0 Å². The van der Waals surface area contributed by atoms with Crippen LogP contribution in [-0.2, 0) is 11.2 Å². The first-order valence-corrected chi connectivity index (χ1v) is 9.57. The number of para-hydroxylation sites is 2. The summed E-state index contributed by atoms with van der Waals surface area (Å²) in [4.78, 5) is 12.2. The van der Waals surface area contributed by atoms with E-state index in [0.29, 0.717) is 6.61 Å². The molecule has 0 saturated carbocycles. The minimum atomic E-state index is -0.0931. The number of nitrogens with one attached hydrogen (secondary N) is 2. The molecule has 0 atom stereocenters. The van der Waals surface area contributed by atoms with Crippen molar-refractivity contribution in [2.75, 3.05) is 23.8 Å². The van der Waals surface area contributed by atoms with Crippen LogP contribution in [0.15, 0.2) is 78.9 Å². The maximum Gasteiger partial charge on any atom is 0.243 e. The fourth-order valence-corrected chi connectivity index (χ4v) is 2.95. The van der Waals surface area contributed by atoms with E-state index in [1.165, 1.54) is 5.56 Å². The third-order valence-corrected chi connectivity index (χ3v) is 4.34. The number of ether oxygens (including phenoxy) is 1. The first kappa shape index (κ1) is 19.5. The zero-order chi connectivity index (χ0) is 19.6. The minimum absolute atomic E-state index is 0.0931. The zero-order valence-electron chi connectivity index (χ0n) is 16.2. The number of hydrogen-bond donors (Lipinski definition) is 2. The number of amides is 1. The zero-order valence-corrected chi connectivity index (χ0v) is 16.2. The summed E-state index contributed by atoms with van der Waals surface area (Å²) in [5, 5.41) is 6.07. The Kier molecular flexibility index (Phi) is 7.08. The van der Waals surface area contributed by atoms with Gasteiger partial charge in [0.2, 0.25) is 5.91 Å². The lowest BCUT2D eigenvalue weighted by molar-refractivity contribution is -0.114. The lowest BCUT2D eigenvalue weighted by Gasteiger charge is -2.13. The molecular formula is C24H26N2O2. The number of anilines is 2. The Bertz CT molecular complexity index is 894. The molecule has 0 aromatic heterocycles. The number of benzene rings is 3. The predicted molar refractivity (Wildman–Crippen MR) is 115 cm³/mol. The van der Waals surface area contributed by atoms with E-state index in [9.17, 15) is 4.79 Å². The van der Waals surface area contributed by atoms with Crippen LogP contribution in [0.5, 0.6) is 5.75 Å². The molecule has 1 amide bonds. The highest BCUT2D eigenvalue weighted by Gasteiger charge is 2.06. The van der Waals surface area contributed by atoms with Crippen LogP contribution in [0.3, 0.4) is 0 Å². The summed E-state index contributed by atoms with van der Waals surface area (Å²) in [6.07, 6.45) is 1.92. The van der Waals surface area contributed by atoms with Crippen molar-refractivity contribution in [2.24, 2.45) is 0 Å². The Hall–Kier alpha value is -3.27. The smallest absolute Gasteiger partial charge is 0.243 e. The third kappa shape index (κ3) is 6.16. The fraction of sp³-hybridized carbons (Fsp3) is 0.208. The number of aryl methyl sites for hydroxylation is 2. The highest BCUT2D eigenvalue weighted by Crippen LogP contribution is 2.24. The molecular weight excluding hydrogens is 348 g/mol. The lowest BCUT2D eigenvalue weighted by Crippen LogP contribution is -2.22. The summed E-state index contributed by atoms with van der Waals surface area (Å²) >= 11 is 0. The summed E-state index contributed by atoms with van der Waals surface area (Å²) < 4.78 is 5.93. The molecule has 0 heterocycles. The quantitative estimate of drug-likeness (QED) is 0.515. The Balaban J connectivity index is 1.47. The van der Waals surface area contributed by atoms with Crippen molar-refractivity contribution < 1.29 is 9.53 Å². The average molecular weight is 374 g/mol. The summed E-state index contributed by atoms with van der Waals surface area (Å²) in [7, 11) is 0. The average Bonchev–Trinajstić information content (AvgIpc) is 2.71. The van der Waals surface area contributed by atoms with E-state index < -0.39 is 0 Å². The molecule has 3 aromatic carbocycles. The normalized spacial score (nSPS) is 10.3. The van der Waals surface area contributed by atoms with Crippen molar-refractivity contribution in [3.8, 4) is 5.75 Å². The van der Waals surface area contributed by atoms with E-state index in [0.717, 1.165) is 35.5 Å². The fourth-order valence-electron chi connectivity index (χ4n) is 2.95. The Morgan fingerprint density at radius 3 is 2.54 bits per heavy atom. The van der Waals surface area contributed by atoms with Crippen LogP contribution >= 0.6 is 0 Å².